The fourth-order valence-corrected chi connectivity index (χ4v) is 6.28. The Kier molecular flexibility index (Phi) is 4.30. The molecule has 1 unspecified atom stereocenters. The predicted octanol–water partition coefficient (Wildman–Crippen LogP) is 9.03. The van der Waals surface area contributed by atoms with Gasteiger partial charge in [-0.05, 0) is 79.0 Å². The van der Waals surface area contributed by atoms with Gasteiger partial charge in [0.1, 0.15) is 0 Å². The van der Waals surface area contributed by atoms with Crippen molar-refractivity contribution in [1.82, 2.24) is 9.97 Å². The average molecular weight is 473 g/mol. The van der Waals surface area contributed by atoms with Crippen LogP contribution in [-0.2, 0) is 6.42 Å². The molecule has 0 radical (unpaired) electrons. The number of benzene rings is 5. The zero-order valence-electron chi connectivity index (χ0n) is 20.6. The molecule has 7 aromatic rings. The van der Waals surface area contributed by atoms with Gasteiger partial charge in [-0.2, -0.15) is 0 Å². The third-order valence-electron chi connectivity index (χ3n) is 8.12. The molecule has 2 aromatic heterocycles. The fourth-order valence-electron chi connectivity index (χ4n) is 6.28. The lowest BCUT2D eigenvalue weighted by Gasteiger charge is -2.23. The maximum absolute atomic E-state index is 5.10. The summed E-state index contributed by atoms with van der Waals surface area (Å²) in [6.07, 6.45) is 2.88. The van der Waals surface area contributed by atoms with Crippen molar-refractivity contribution in [2.45, 2.75) is 19.3 Å². The number of hydrogen-bond acceptors (Lipinski definition) is 2. The Morgan fingerprint density at radius 2 is 1.35 bits per heavy atom. The van der Waals surface area contributed by atoms with Gasteiger partial charge >= 0.3 is 0 Å². The first-order valence-corrected chi connectivity index (χ1v) is 13.0. The number of fused-ring (bicyclic) bond motifs is 3. The van der Waals surface area contributed by atoms with Gasteiger partial charge in [-0.3, -0.25) is 4.98 Å². The Labute approximate surface area is 215 Å². The summed E-state index contributed by atoms with van der Waals surface area (Å²) in [6.45, 7) is 2.27. The van der Waals surface area contributed by atoms with Crippen molar-refractivity contribution in [1.29, 1.82) is 0 Å². The molecule has 0 aliphatic heterocycles. The molecule has 1 atom stereocenters. The molecule has 0 saturated carbocycles. The van der Waals surface area contributed by atoms with Gasteiger partial charge in [-0.15, -0.1) is 0 Å². The third-order valence-corrected chi connectivity index (χ3v) is 8.12. The Bertz CT molecular complexity index is 1950. The second-order valence-electron chi connectivity index (χ2n) is 10.3. The monoisotopic (exact) mass is 472 g/mol. The molecule has 0 amide bonds. The highest BCUT2D eigenvalue weighted by molar-refractivity contribution is 6.25. The number of pyridine rings is 2. The first-order chi connectivity index (χ1) is 18.2. The van der Waals surface area contributed by atoms with Crippen LogP contribution in [0.1, 0.15) is 24.0 Å². The normalized spacial score (nSPS) is 14.8. The van der Waals surface area contributed by atoms with Gasteiger partial charge in [0.05, 0.1) is 17.1 Å². The second-order valence-corrected chi connectivity index (χ2v) is 10.3. The van der Waals surface area contributed by atoms with Gasteiger partial charge in [0.2, 0.25) is 0 Å². The lowest BCUT2D eigenvalue weighted by atomic mass is 9.84. The van der Waals surface area contributed by atoms with Crippen LogP contribution < -0.4 is 0 Å². The summed E-state index contributed by atoms with van der Waals surface area (Å²) in [6, 6.07) is 37.6. The summed E-state index contributed by atoms with van der Waals surface area (Å²) in [5, 5.41) is 7.91. The predicted molar refractivity (Wildman–Crippen MR) is 154 cm³/mol. The summed E-state index contributed by atoms with van der Waals surface area (Å²) in [4.78, 5) is 9.81. The van der Waals surface area contributed by atoms with E-state index in [9.17, 15) is 0 Å². The van der Waals surface area contributed by atoms with Crippen molar-refractivity contribution in [2.24, 2.45) is 0 Å². The van der Waals surface area contributed by atoms with Gasteiger partial charge in [0, 0.05) is 11.8 Å². The van der Waals surface area contributed by atoms with Crippen LogP contribution in [0.3, 0.4) is 0 Å². The van der Waals surface area contributed by atoms with Crippen LogP contribution in [0.4, 0.5) is 0 Å². The Morgan fingerprint density at radius 1 is 0.622 bits per heavy atom. The smallest absolute Gasteiger partial charge is 0.0928 e. The minimum atomic E-state index is 0.466. The molecule has 0 fully saturated rings. The van der Waals surface area contributed by atoms with E-state index >= 15 is 0 Å². The summed E-state index contributed by atoms with van der Waals surface area (Å²) in [5.74, 6) is 0.466. The van der Waals surface area contributed by atoms with E-state index < -0.39 is 0 Å². The molecule has 37 heavy (non-hydrogen) atoms. The summed E-state index contributed by atoms with van der Waals surface area (Å²) >= 11 is 0. The molecule has 174 valence electrons. The number of aromatic nitrogens is 2. The van der Waals surface area contributed by atoms with Gasteiger partial charge in [0.15, 0.2) is 0 Å². The van der Waals surface area contributed by atoms with E-state index in [-0.39, 0.29) is 0 Å². The maximum Gasteiger partial charge on any atom is 0.0928 e. The van der Waals surface area contributed by atoms with Gasteiger partial charge in [-0.25, -0.2) is 4.98 Å². The van der Waals surface area contributed by atoms with Crippen molar-refractivity contribution in [2.75, 3.05) is 0 Å². The highest BCUT2D eigenvalue weighted by atomic mass is 14.8. The van der Waals surface area contributed by atoms with Gasteiger partial charge < -0.3 is 0 Å². The molecule has 8 rings (SSSR count). The Hall–Kier alpha value is -4.56. The first-order valence-electron chi connectivity index (χ1n) is 13.0. The molecular formula is C35H24N2. The molecule has 0 saturated heterocycles. The van der Waals surface area contributed by atoms with Crippen LogP contribution in [0, 0.1) is 0 Å². The zero-order valence-corrected chi connectivity index (χ0v) is 20.6. The summed E-state index contributed by atoms with van der Waals surface area (Å²) in [5.41, 5.74) is 9.25. The molecule has 0 N–H and O–H groups in total. The van der Waals surface area contributed by atoms with Crippen LogP contribution in [0.15, 0.2) is 109 Å². The lowest BCUT2D eigenvalue weighted by molar-refractivity contribution is 0.738. The van der Waals surface area contributed by atoms with Crippen LogP contribution in [-0.4, -0.2) is 9.97 Å². The van der Waals surface area contributed by atoms with E-state index in [1.165, 1.54) is 54.6 Å². The molecule has 1 aliphatic carbocycles. The van der Waals surface area contributed by atoms with Crippen LogP contribution >= 0.6 is 0 Å². The van der Waals surface area contributed by atoms with Crippen molar-refractivity contribution >= 4 is 32.3 Å². The minimum Gasteiger partial charge on any atom is -0.254 e. The maximum atomic E-state index is 5.10. The fraction of sp³-hybridized carbons (Fsp3) is 0.0857. The number of nitrogens with zero attached hydrogens (tertiary/aromatic N) is 2. The molecular weight excluding hydrogens is 448 g/mol. The highest BCUT2D eigenvalue weighted by Crippen LogP contribution is 2.40. The Balaban J connectivity index is 1.23. The lowest BCUT2D eigenvalue weighted by Crippen LogP contribution is -2.11. The minimum absolute atomic E-state index is 0.466. The van der Waals surface area contributed by atoms with Crippen molar-refractivity contribution in [3.63, 3.8) is 0 Å². The molecule has 1 aliphatic rings. The quantitative estimate of drug-likeness (QED) is 0.235. The van der Waals surface area contributed by atoms with E-state index in [1.807, 2.05) is 12.3 Å². The van der Waals surface area contributed by atoms with E-state index in [0.29, 0.717) is 5.92 Å². The first kappa shape index (κ1) is 20.6. The summed E-state index contributed by atoms with van der Waals surface area (Å²) < 4.78 is 0. The number of hydrogen-bond donors (Lipinski definition) is 0. The molecule has 2 nitrogen and oxygen atoms in total. The van der Waals surface area contributed by atoms with Crippen molar-refractivity contribution in [3.8, 4) is 33.8 Å². The van der Waals surface area contributed by atoms with E-state index in [4.69, 9.17) is 9.97 Å². The zero-order chi connectivity index (χ0) is 24.5. The van der Waals surface area contributed by atoms with Gasteiger partial charge in [-0.1, -0.05) is 97.9 Å². The standard InChI is InChI=1S/C35H24N2/c1-21-20-27-15-18-31(37-34(27)35-28(21)6-3-19-36-35)23-9-7-22(8-10-23)29-16-13-26-12-11-24-4-2-5-25-14-17-30(29)33(26)32(24)25/h2-19,21H,20H2,1H3. The Morgan fingerprint density at radius 3 is 2.19 bits per heavy atom. The number of rotatable bonds is 2. The summed E-state index contributed by atoms with van der Waals surface area (Å²) in [7, 11) is 0. The van der Waals surface area contributed by atoms with Crippen molar-refractivity contribution in [3.05, 3.63) is 120 Å². The van der Waals surface area contributed by atoms with E-state index in [1.54, 1.807) is 0 Å². The van der Waals surface area contributed by atoms with Crippen LogP contribution in [0.5, 0.6) is 0 Å². The highest BCUT2D eigenvalue weighted by Gasteiger charge is 2.24. The van der Waals surface area contributed by atoms with Crippen molar-refractivity contribution < 1.29 is 0 Å². The van der Waals surface area contributed by atoms with Gasteiger partial charge in [0.25, 0.3) is 0 Å². The van der Waals surface area contributed by atoms with Crippen LogP contribution in [0.2, 0.25) is 0 Å². The van der Waals surface area contributed by atoms with E-state index in [2.05, 4.69) is 104 Å². The third kappa shape index (κ3) is 3.06. The molecule has 0 bridgehead atoms. The topological polar surface area (TPSA) is 25.8 Å². The molecule has 5 aromatic carbocycles. The SMILES string of the molecule is CC1Cc2ccc(-c3ccc(-c4ccc5ccc6cccc7ccc4c5c67)cc3)nc2-c2ncccc21. The largest absolute Gasteiger partial charge is 0.254 e. The molecule has 0 spiro atoms. The molecule has 2 heterocycles. The van der Waals surface area contributed by atoms with Crippen LogP contribution in [0.25, 0.3) is 66.1 Å². The second kappa shape index (κ2) is 7.72. The molecule has 2 heteroatoms. The van der Waals surface area contributed by atoms with E-state index in [0.717, 1.165) is 29.1 Å². The average Bonchev–Trinajstić information content (AvgIpc) is 2.96.